The van der Waals surface area contributed by atoms with Crippen LogP contribution in [0.15, 0.2) is 121 Å². The Kier molecular flexibility index (Phi) is 6.03. The van der Waals surface area contributed by atoms with Crippen LogP contribution in [0.4, 0.5) is 0 Å². The molecular formula is C42H38. The molecule has 0 amide bonds. The van der Waals surface area contributed by atoms with Gasteiger partial charge < -0.3 is 0 Å². The van der Waals surface area contributed by atoms with Crippen molar-refractivity contribution in [1.29, 1.82) is 0 Å². The Labute approximate surface area is 249 Å². The molecule has 0 heterocycles. The normalized spacial score (nSPS) is 12.5. The van der Waals surface area contributed by atoms with Crippen LogP contribution in [0.3, 0.4) is 0 Å². The fourth-order valence-electron chi connectivity index (χ4n) is 6.63. The van der Waals surface area contributed by atoms with Gasteiger partial charge in [0.2, 0.25) is 0 Å². The lowest BCUT2D eigenvalue weighted by molar-refractivity contribution is 0.590. The first-order chi connectivity index (χ1) is 20.1. The van der Waals surface area contributed by atoms with E-state index in [2.05, 4.69) is 163 Å². The summed E-state index contributed by atoms with van der Waals surface area (Å²) in [5.41, 5.74) is 8.00. The largest absolute Gasteiger partial charge is 0.0622 e. The van der Waals surface area contributed by atoms with Gasteiger partial charge in [0.05, 0.1) is 0 Å². The zero-order valence-corrected chi connectivity index (χ0v) is 25.5. The van der Waals surface area contributed by atoms with Crippen molar-refractivity contribution in [1.82, 2.24) is 0 Å². The maximum absolute atomic E-state index is 2.47. The average molecular weight is 543 g/mol. The van der Waals surface area contributed by atoms with Crippen LogP contribution in [0, 0.1) is 0 Å². The number of hydrogen-bond donors (Lipinski definition) is 0. The maximum atomic E-state index is 2.47. The zero-order valence-electron chi connectivity index (χ0n) is 25.5. The van der Waals surface area contributed by atoms with E-state index < -0.39 is 0 Å². The summed E-state index contributed by atoms with van der Waals surface area (Å²) in [4.78, 5) is 0. The van der Waals surface area contributed by atoms with Crippen LogP contribution >= 0.6 is 0 Å². The van der Waals surface area contributed by atoms with Gasteiger partial charge in [0.25, 0.3) is 0 Å². The highest BCUT2D eigenvalue weighted by molar-refractivity contribution is 6.25. The fourth-order valence-corrected chi connectivity index (χ4v) is 6.63. The fraction of sp³-hybridized carbons (Fsp3) is 0.190. The number of hydrogen-bond acceptors (Lipinski definition) is 0. The van der Waals surface area contributed by atoms with Crippen LogP contribution in [-0.2, 0) is 10.8 Å². The third-order valence-electron chi connectivity index (χ3n) is 8.95. The Bertz CT molecular complexity index is 2130. The monoisotopic (exact) mass is 542 g/mol. The third-order valence-corrected chi connectivity index (χ3v) is 8.95. The number of fused-ring (bicyclic) bond motifs is 5. The van der Waals surface area contributed by atoms with E-state index >= 15 is 0 Å². The first-order valence-corrected chi connectivity index (χ1v) is 15.1. The van der Waals surface area contributed by atoms with Gasteiger partial charge in [-0.2, -0.15) is 0 Å². The van der Waals surface area contributed by atoms with Crippen molar-refractivity contribution in [3.63, 3.8) is 0 Å². The van der Waals surface area contributed by atoms with Crippen molar-refractivity contribution in [2.75, 3.05) is 0 Å². The molecule has 0 nitrogen and oxygen atoms in total. The van der Waals surface area contributed by atoms with Crippen molar-refractivity contribution in [3.05, 3.63) is 132 Å². The smallest absolute Gasteiger partial charge is 0.00198 e. The van der Waals surface area contributed by atoms with E-state index in [1.807, 2.05) is 0 Å². The van der Waals surface area contributed by atoms with Gasteiger partial charge in [0.15, 0.2) is 0 Å². The molecule has 0 fully saturated rings. The molecule has 0 bridgehead atoms. The summed E-state index contributed by atoms with van der Waals surface area (Å²) in [5.74, 6) is 0. The Hall–Kier alpha value is -4.42. The molecule has 7 rings (SSSR count). The lowest BCUT2D eigenvalue weighted by Crippen LogP contribution is -2.11. The number of benzene rings is 7. The van der Waals surface area contributed by atoms with Crippen molar-refractivity contribution in [3.8, 4) is 22.3 Å². The minimum atomic E-state index is 0.0366. The summed E-state index contributed by atoms with van der Waals surface area (Å²) in [6, 6.07) is 45.5. The summed E-state index contributed by atoms with van der Waals surface area (Å²) >= 11 is 0. The Morgan fingerprint density at radius 1 is 0.357 bits per heavy atom. The molecule has 0 N–H and O–H groups in total. The number of rotatable bonds is 2. The molecule has 7 aromatic rings. The SMILES string of the molecule is CC(C)(C)c1ccc2c(-c3cc4ccccc4c4ccccc34)c3cc(C(C)(C)C)ccc3c(-c3ccccc3)c2c1. The molecule has 0 aliphatic heterocycles. The van der Waals surface area contributed by atoms with Crippen LogP contribution in [-0.4, -0.2) is 0 Å². The highest BCUT2D eigenvalue weighted by Gasteiger charge is 2.23. The highest BCUT2D eigenvalue weighted by Crippen LogP contribution is 2.48. The molecule has 0 saturated heterocycles. The topological polar surface area (TPSA) is 0 Å². The van der Waals surface area contributed by atoms with Crippen molar-refractivity contribution < 1.29 is 0 Å². The maximum Gasteiger partial charge on any atom is -0.00198 e. The van der Waals surface area contributed by atoms with E-state index in [4.69, 9.17) is 0 Å². The van der Waals surface area contributed by atoms with Crippen LogP contribution in [0.2, 0.25) is 0 Å². The van der Waals surface area contributed by atoms with E-state index in [1.165, 1.54) is 76.5 Å². The van der Waals surface area contributed by atoms with Gasteiger partial charge in [-0.05, 0) is 105 Å². The second-order valence-electron chi connectivity index (χ2n) is 13.8. The Morgan fingerprint density at radius 2 is 0.857 bits per heavy atom. The summed E-state index contributed by atoms with van der Waals surface area (Å²) in [5, 5.41) is 10.4. The summed E-state index contributed by atoms with van der Waals surface area (Å²) in [6.07, 6.45) is 0. The zero-order chi connectivity index (χ0) is 29.2. The minimum Gasteiger partial charge on any atom is -0.0622 e. The van der Waals surface area contributed by atoms with Gasteiger partial charge in [-0.3, -0.25) is 0 Å². The average Bonchev–Trinajstić information content (AvgIpc) is 2.98. The van der Waals surface area contributed by atoms with Crippen molar-refractivity contribution in [2.45, 2.75) is 52.4 Å². The van der Waals surface area contributed by atoms with E-state index in [-0.39, 0.29) is 10.8 Å². The molecule has 0 atom stereocenters. The predicted molar refractivity (Wildman–Crippen MR) is 185 cm³/mol. The summed E-state index contributed by atoms with van der Waals surface area (Å²) < 4.78 is 0. The van der Waals surface area contributed by atoms with Crippen LogP contribution in [0.1, 0.15) is 52.7 Å². The van der Waals surface area contributed by atoms with Gasteiger partial charge in [-0.1, -0.05) is 145 Å². The molecule has 0 heteroatoms. The first kappa shape index (κ1) is 26.5. The molecule has 0 unspecified atom stereocenters. The standard InChI is InChI=1S/C42H38/c1-41(2,3)29-21-23-35-37(25-29)39(27-14-8-7-9-15-27)34-22-20-30(42(4,5)6)26-38(34)40(35)36-24-28-16-10-11-17-31(28)32-18-12-13-19-33(32)36/h7-26H,1-6H3. The van der Waals surface area contributed by atoms with Crippen molar-refractivity contribution in [2.24, 2.45) is 0 Å². The van der Waals surface area contributed by atoms with E-state index in [0.717, 1.165) is 0 Å². The van der Waals surface area contributed by atoms with E-state index in [0.29, 0.717) is 0 Å². The van der Waals surface area contributed by atoms with E-state index in [9.17, 15) is 0 Å². The first-order valence-electron chi connectivity index (χ1n) is 15.1. The second-order valence-corrected chi connectivity index (χ2v) is 13.8. The summed E-state index contributed by atoms with van der Waals surface area (Å²) in [6.45, 7) is 13.9. The molecule has 7 aromatic carbocycles. The molecule has 0 saturated carbocycles. The highest BCUT2D eigenvalue weighted by atomic mass is 14.3. The van der Waals surface area contributed by atoms with Crippen LogP contribution in [0.25, 0.3) is 65.3 Å². The molecule has 0 aromatic heterocycles. The molecule has 0 aliphatic carbocycles. The van der Waals surface area contributed by atoms with Gasteiger partial charge in [0, 0.05) is 0 Å². The minimum absolute atomic E-state index is 0.0366. The molecule has 0 aliphatic rings. The van der Waals surface area contributed by atoms with E-state index in [1.54, 1.807) is 0 Å². The van der Waals surface area contributed by atoms with Crippen molar-refractivity contribution >= 4 is 43.1 Å². The van der Waals surface area contributed by atoms with Gasteiger partial charge in [-0.15, -0.1) is 0 Å². The quantitative estimate of drug-likeness (QED) is 0.150. The molecule has 42 heavy (non-hydrogen) atoms. The van der Waals surface area contributed by atoms with Gasteiger partial charge in [0.1, 0.15) is 0 Å². The molecule has 0 radical (unpaired) electrons. The molecule has 0 spiro atoms. The molecular weight excluding hydrogens is 504 g/mol. The lowest BCUT2D eigenvalue weighted by Gasteiger charge is -2.25. The lowest BCUT2D eigenvalue weighted by atomic mass is 9.78. The summed E-state index contributed by atoms with van der Waals surface area (Å²) in [7, 11) is 0. The Morgan fingerprint density at radius 3 is 1.48 bits per heavy atom. The third kappa shape index (κ3) is 4.29. The van der Waals surface area contributed by atoms with Crippen LogP contribution in [0.5, 0.6) is 0 Å². The predicted octanol–water partition coefficient (Wildman–Crippen LogP) is 12.2. The Balaban J connectivity index is 1.75. The molecule has 206 valence electrons. The van der Waals surface area contributed by atoms with Gasteiger partial charge >= 0.3 is 0 Å². The van der Waals surface area contributed by atoms with Gasteiger partial charge in [-0.25, -0.2) is 0 Å². The second kappa shape index (κ2) is 9.57. The van der Waals surface area contributed by atoms with Crippen LogP contribution < -0.4 is 0 Å².